The molecule has 0 spiro atoms. The molecule has 2 aliphatic rings. The third kappa shape index (κ3) is 4.67. The van der Waals surface area contributed by atoms with Crippen LogP contribution in [0.5, 0.6) is 0 Å². The highest BCUT2D eigenvalue weighted by Gasteiger charge is 2.33. The number of nitrogens with two attached hydrogens (primary N) is 1. The summed E-state index contributed by atoms with van der Waals surface area (Å²) in [6, 6.07) is 5.94. The highest BCUT2D eigenvalue weighted by molar-refractivity contribution is 5.80. The zero-order chi connectivity index (χ0) is 21.1. The fourth-order valence-corrected chi connectivity index (χ4v) is 4.27. The summed E-state index contributed by atoms with van der Waals surface area (Å²) in [7, 11) is 0. The first-order chi connectivity index (χ1) is 14.5. The van der Waals surface area contributed by atoms with Gasteiger partial charge in [0.15, 0.2) is 0 Å². The molecule has 2 N–H and O–H groups in total. The van der Waals surface area contributed by atoms with Crippen molar-refractivity contribution in [1.82, 2.24) is 19.9 Å². The van der Waals surface area contributed by atoms with Crippen LogP contribution in [0.1, 0.15) is 31.6 Å². The number of primary amides is 1. The highest BCUT2D eigenvalue weighted by atomic mass is 19.1. The van der Waals surface area contributed by atoms with Gasteiger partial charge in [-0.15, -0.1) is 0 Å². The molecular formula is C21H26FN5O3. The molecule has 0 aliphatic carbocycles. The third-order valence-electron chi connectivity index (χ3n) is 5.99. The van der Waals surface area contributed by atoms with Crippen LogP contribution in [0, 0.1) is 17.7 Å². The van der Waals surface area contributed by atoms with Gasteiger partial charge >= 0.3 is 0 Å². The Balaban J connectivity index is 1.33. The van der Waals surface area contributed by atoms with Crippen molar-refractivity contribution >= 4 is 11.8 Å². The Hall–Kier alpha value is -2.81. The number of aromatic nitrogens is 2. The first-order valence-electron chi connectivity index (χ1n) is 10.4. The molecule has 1 unspecified atom stereocenters. The molecule has 0 saturated carbocycles. The zero-order valence-corrected chi connectivity index (χ0v) is 16.8. The van der Waals surface area contributed by atoms with Crippen LogP contribution in [0.25, 0.3) is 11.4 Å². The van der Waals surface area contributed by atoms with Gasteiger partial charge in [-0.25, -0.2) is 4.39 Å². The Labute approximate surface area is 174 Å². The molecule has 2 amide bonds. The first-order valence-corrected chi connectivity index (χ1v) is 10.4. The largest absolute Gasteiger partial charge is 0.369 e. The van der Waals surface area contributed by atoms with Crippen molar-refractivity contribution < 1.29 is 18.5 Å². The smallest absolute Gasteiger partial charge is 0.241 e. The van der Waals surface area contributed by atoms with E-state index in [0.717, 1.165) is 19.4 Å². The lowest BCUT2D eigenvalue weighted by molar-refractivity contribution is -0.140. The van der Waals surface area contributed by atoms with Crippen LogP contribution < -0.4 is 5.73 Å². The summed E-state index contributed by atoms with van der Waals surface area (Å²) in [5.74, 6) is 0.278. The topological polar surface area (TPSA) is 106 Å². The van der Waals surface area contributed by atoms with E-state index in [0.29, 0.717) is 56.3 Å². The summed E-state index contributed by atoms with van der Waals surface area (Å²) in [6.07, 6.45) is 3.07. The summed E-state index contributed by atoms with van der Waals surface area (Å²) in [4.78, 5) is 32.7. The van der Waals surface area contributed by atoms with E-state index in [2.05, 4.69) is 15.0 Å². The summed E-state index contributed by atoms with van der Waals surface area (Å²) < 4.78 is 18.4. The third-order valence-corrected chi connectivity index (χ3v) is 5.99. The number of rotatable bonds is 5. The van der Waals surface area contributed by atoms with Crippen molar-refractivity contribution in [3.63, 3.8) is 0 Å². The second kappa shape index (κ2) is 8.91. The minimum Gasteiger partial charge on any atom is -0.369 e. The number of piperidine rings is 2. The lowest BCUT2D eigenvalue weighted by Crippen LogP contribution is -2.48. The van der Waals surface area contributed by atoms with E-state index < -0.39 is 0 Å². The second-order valence-corrected chi connectivity index (χ2v) is 8.09. The standard InChI is InChI=1S/C21H26FN5O3/c22-17-5-3-15(4-6-17)20-24-18(30-25-20)13-26-9-1-2-16(12-26)21(29)27-10-7-14(8-11-27)19(23)28/h3-6,14,16H,1-2,7-13H2,(H2,23,28). The van der Waals surface area contributed by atoms with Gasteiger partial charge in [0.05, 0.1) is 12.5 Å². The van der Waals surface area contributed by atoms with E-state index in [1.807, 2.05) is 4.90 Å². The van der Waals surface area contributed by atoms with E-state index in [9.17, 15) is 14.0 Å². The normalized spacial score (nSPS) is 21.0. The molecule has 4 rings (SSSR count). The molecule has 2 fully saturated rings. The predicted molar refractivity (Wildman–Crippen MR) is 106 cm³/mol. The lowest BCUT2D eigenvalue weighted by Gasteiger charge is -2.37. The van der Waals surface area contributed by atoms with Crippen LogP contribution in [0.3, 0.4) is 0 Å². The number of nitrogens with zero attached hydrogens (tertiary/aromatic N) is 4. The van der Waals surface area contributed by atoms with E-state index in [4.69, 9.17) is 10.3 Å². The van der Waals surface area contributed by atoms with E-state index in [1.54, 1.807) is 12.1 Å². The molecule has 9 heteroatoms. The number of carbonyl (C=O) groups excluding carboxylic acids is 2. The number of likely N-dealkylation sites (tertiary alicyclic amines) is 2. The van der Waals surface area contributed by atoms with Crippen LogP contribution in [0.4, 0.5) is 4.39 Å². The molecular weight excluding hydrogens is 389 g/mol. The number of hydrogen-bond donors (Lipinski definition) is 1. The monoisotopic (exact) mass is 415 g/mol. The zero-order valence-electron chi connectivity index (χ0n) is 16.8. The molecule has 1 aromatic heterocycles. The number of carbonyl (C=O) groups is 2. The summed E-state index contributed by atoms with van der Waals surface area (Å²) >= 11 is 0. The van der Waals surface area contributed by atoms with Gasteiger partial charge in [0, 0.05) is 31.1 Å². The molecule has 0 bridgehead atoms. The quantitative estimate of drug-likeness (QED) is 0.798. The molecule has 1 atom stereocenters. The lowest BCUT2D eigenvalue weighted by atomic mass is 9.92. The Kier molecular flexibility index (Phi) is 6.08. The van der Waals surface area contributed by atoms with Crippen molar-refractivity contribution in [2.75, 3.05) is 26.2 Å². The molecule has 2 aliphatic heterocycles. The molecule has 2 aromatic rings. The molecule has 1 aromatic carbocycles. The Morgan fingerprint density at radius 3 is 2.53 bits per heavy atom. The van der Waals surface area contributed by atoms with Gasteiger partial charge in [0.1, 0.15) is 5.82 Å². The van der Waals surface area contributed by atoms with Crippen molar-refractivity contribution in [3.05, 3.63) is 36.0 Å². The van der Waals surface area contributed by atoms with Crippen molar-refractivity contribution in [2.45, 2.75) is 32.2 Å². The van der Waals surface area contributed by atoms with Crippen molar-refractivity contribution in [1.29, 1.82) is 0 Å². The second-order valence-electron chi connectivity index (χ2n) is 8.09. The van der Waals surface area contributed by atoms with Gasteiger partial charge in [-0.3, -0.25) is 14.5 Å². The fraction of sp³-hybridized carbons (Fsp3) is 0.524. The van der Waals surface area contributed by atoms with E-state index in [-0.39, 0.29) is 29.5 Å². The number of benzene rings is 1. The summed E-state index contributed by atoms with van der Waals surface area (Å²) in [5, 5.41) is 3.98. The van der Waals surface area contributed by atoms with Gasteiger partial charge in [-0.2, -0.15) is 4.98 Å². The molecule has 3 heterocycles. The SMILES string of the molecule is NC(=O)C1CCN(C(=O)C2CCCN(Cc3nc(-c4ccc(F)cc4)no3)C2)CC1. The fourth-order valence-electron chi connectivity index (χ4n) is 4.27. The van der Waals surface area contributed by atoms with Gasteiger partial charge in [0.25, 0.3) is 0 Å². The summed E-state index contributed by atoms with van der Waals surface area (Å²) in [6.45, 7) is 3.16. The predicted octanol–water partition coefficient (Wildman–Crippen LogP) is 1.81. The van der Waals surface area contributed by atoms with Gasteiger partial charge < -0.3 is 15.2 Å². The maximum absolute atomic E-state index is 13.1. The van der Waals surface area contributed by atoms with E-state index >= 15 is 0 Å². The van der Waals surface area contributed by atoms with E-state index in [1.165, 1.54) is 12.1 Å². The Morgan fingerprint density at radius 2 is 1.83 bits per heavy atom. The van der Waals surface area contributed by atoms with Crippen molar-refractivity contribution in [2.24, 2.45) is 17.6 Å². The first kappa shape index (κ1) is 20.5. The van der Waals surface area contributed by atoms with Crippen LogP contribution in [-0.2, 0) is 16.1 Å². The molecule has 0 radical (unpaired) electrons. The number of halogens is 1. The number of amides is 2. The van der Waals surface area contributed by atoms with Crippen LogP contribution in [0.15, 0.2) is 28.8 Å². The average Bonchev–Trinajstić information content (AvgIpc) is 3.22. The van der Waals surface area contributed by atoms with Crippen LogP contribution >= 0.6 is 0 Å². The Morgan fingerprint density at radius 1 is 1.10 bits per heavy atom. The minimum absolute atomic E-state index is 0.0663. The molecule has 160 valence electrons. The Bertz CT molecular complexity index is 892. The maximum Gasteiger partial charge on any atom is 0.241 e. The van der Waals surface area contributed by atoms with Gasteiger partial charge in [0.2, 0.25) is 23.5 Å². The van der Waals surface area contributed by atoms with Gasteiger partial charge in [-0.1, -0.05) is 5.16 Å². The van der Waals surface area contributed by atoms with Crippen LogP contribution in [-0.4, -0.2) is 57.9 Å². The summed E-state index contributed by atoms with van der Waals surface area (Å²) in [5.41, 5.74) is 6.07. The molecule has 8 nitrogen and oxygen atoms in total. The van der Waals surface area contributed by atoms with Gasteiger partial charge in [-0.05, 0) is 56.5 Å². The number of hydrogen-bond acceptors (Lipinski definition) is 6. The van der Waals surface area contributed by atoms with Crippen molar-refractivity contribution in [3.8, 4) is 11.4 Å². The maximum atomic E-state index is 13.1. The molecule has 2 saturated heterocycles. The van der Waals surface area contributed by atoms with Crippen LogP contribution in [0.2, 0.25) is 0 Å². The highest BCUT2D eigenvalue weighted by Crippen LogP contribution is 2.24. The average molecular weight is 415 g/mol. The minimum atomic E-state index is -0.314. The molecule has 30 heavy (non-hydrogen) atoms.